The van der Waals surface area contributed by atoms with Crippen LogP contribution in [0.3, 0.4) is 0 Å². The second-order valence-corrected chi connectivity index (χ2v) is 4.20. The third-order valence-electron chi connectivity index (χ3n) is 3.18. The first kappa shape index (κ1) is 8.71. The smallest absolute Gasteiger partial charge is 0.179 e. The first-order valence-electron chi connectivity index (χ1n) is 5.44. The highest BCUT2D eigenvalue weighted by molar-refractivity contribution is 5.83. The van der Waals surface area contributed by atoms with Crippen LogP contribution >= 0.6 is 0 Å². The van der Waals surface area contributed by atoms with Crippen molar-refractivity contribution in [1.82, 2.24) is 15.0 Å². The molecule has 0 aliphatic heterocycles. The van der Waals surface area contributed by atoms with Gasteiger partial charge in [-0.15, -0.1) is 0 Å². The lowest BCUT2D eigenvalue weighted by Crippen LogP contribution is -1.94. The van der Waals surface area contributed by atoms with Crippen LogP contribution in [0.2, 0.25) is 0 Å². The zero-order chi connectivity index (χ0) is 10.3. The predicted molar refractivity (Wildman–Crippen MR) is 59.5 cm³/mol. The Morgan fingerprint density at radius 3 is 2.87 bits per heavy atom. The quantitative estimate of drug-likeness (QED) is 0.744. The van der Waals surface area contributed by atoms with Crippen LogP contribution < -0.4 is 5.73 Å². The average Bonchev–Trinajstić information content (AvgIpc) is 2.86. The highest BCUT2D eigenvalue weighted by Gasteiger charge is 2.20. The number of hydrogen-bond acceptors (Lipinski definition) is 3. The van der Waals surface area contributed by atoms with Gasteiger partial charge < -0.3 is 10.7 Å². The molecule has 4 heteroatoms. The molecule has 1 aliphatic rings. The van der Waals surface area contributed by atoms with E-state index in [0.29, 0.717) is 5.92 Å². The maximum Gasteiger partial charge on any atom is 0.179 e. The maximum atomic E-state index is 5.86. The zero-order valence-corrected chi connectivity index (χ0v) is 8.53. The summed E-state index contributed by atoms with van der Waals surface area (Å²) < 4.78 is 0. The van der Waals surface area contributed by atoms with Crippen LogP contribution in [-0.4, -0.2) is 15.0 Å². The summed E-state index contributed by atoms with van der Waals surface area (Å²) in [4.78, 5) is 12.0. The molecule has 1 fully saturated rings. The predicted octanol–water partition coefficient (Wildman–Crippen LogP) is 2.20. The maximum absolute atomic E-state index is 5.86. The summed E-state index contributed by atoms with van der Waals surface area (Å²) in [6.45, 7) is 0. The van der Waals surface area contributed by atoms with Crippen molar-refractivity contribution >= 4 is 16.9 Å². The Kier molecular flexibility index (Phi) is 1.87. The minimum Gasteiger partial charge on any atom is -0.397 e. The lowest BCUT2D eigenvalue weighted by molar-refractivity contribution is 0.681. The number of hydrogen-bond donors (Lipinski definition) is 2. The van der Waals surface area contributed by atoms with Crippen LogP contribution in [0, 0.1) is 0 Å². The summed E-state index contributed by atoms with van der Waals surface area (Å²) in [5.41, 5.74) is 8.23. The summed E-state index contributed by atoms with van der Waals surface area (Å²) >= 11 is 0. The van der Waals surface area contributed by atoms with Crippen LogP contribution in [-0.2, 0) is 0 Å². The van der Waals surface area contributed by atoms with E-state index < -0.39 is 0 Å². The Hall–Kier alpha value is -1.58. The SMILES string of the molecule is Nc1ccnc2nc(C3CCCC3)[nH]c12. The largest absolute Gasteiger partial charge is 0.397 e. The lowest BCUT2D eigenvalue weighted by Gasteiger charge is -2.02. The molecule has 0 saturated heterocycles. The number of aromatic amines is 1. The standard InChI is InChI=1S/C11H14N4/c12-8-5-6-13-11-9(8)14-10(15-11)7-3-1-2-4-7/h5-7H,1-4H2,(H3,12,13,14,15). The number of fused-ring (bicyclic) bond motifs is 1. The van der Waals surface area contributed by atoms with E-state index in [1.165, 1.54) is 25.7 Å². The summed E-state index contributed by atoms with van der Waals surface area (Å²) in [5.74, 6) is 1.64. The van der Waals surface area contributed by atoms with Gasteiger partial charge in [0.1, 0.15) is 11.3 Å². The fourth-order valence-electron chi connectivity index (χ4n) is 2.34. The van der Waals surface area contributed by atoms with E-state index in [9.17, 15) is 0 Å². The minimum atomic E-state index is 0.582. The Labute approximate surface area is 87.9 Å². The van der Waals surface area contributed by atoms with Gasteiger partial charge in [-0.1, -0.05) is 12.8 Å². The van der Waals surface area contributed by atoms with Crippen LogP contribution in [0.15, 0.2) is 12.3 Å². The van der Waals surface area contributed by atoms with Gasteiger partial charge in [-0.3, -0.25) is 0 Å². The van der Waals surface area contributed by atoms with E-state index >= 15 is 0 Å². The molecule has 3 N–H and O–H groups in total. The van der Waals surface area contributed by atoms with Gasteiger partial charge in [-0.25, -0.2) is 9.97 Å². The topological polar surface area (TPSA) is 67.6 Å². The van der Waals surface area contributed by atoms with E-state index in [1.807, 2.05) is 0 Å². The number of nitrogen functional groups attached to an aromatic ring is 1. The normalized spacial score (nSPS) is 17.6. The van der Waals surface area contributed by atoms with Crippen molar-refractivity contribution < 1.29 is 0 Å². The molecule has 78 valence electrons. The fraction of sp³-hybridized carbons (Fsp3) is 0.455. The van der Waals surface area contributed by atoms with Crippen molar-refractivity contribution in [3.05, 3.63) is 18.1 Å². The summed E-state index contributed by atoms with van der Waals surface area (Å²) in [5, 5.41) is 0. The van der Waals surface area contributed by atoms with E-state index in [-0.39, 0.29) is 0 Å². The molecule has 0 spiro atoms. The molecule has 2 heterocycles. The van der Waals surface area contributed by atoms with Crippen molar-refractivity contribution in [1.29, 1.82) is 0 Å². The fourth-order valence-corrected chi connectivity index (χ4v) is 2.34. The second kappa shape index (κ2) is 3.22. The Morgan fingerprint density at radius 2 is 2.13 bits per heavy atom. The Bertz CT molecular complexity index is 482. The molecule has 0 aromatic carbocycles. The first-order chi connectivity index (χ1) is 7.34. The molecule has 1 saturated carbocycles. The number of H-pyrrole nitrogens is 1. The van der Waals surface area contributed by atoms with Gasteiger partial charge in [-0.05, 0) is 18.9 Å². The molecule has 0 radical (unpaired) electrons. The molecule has 0 bridgehead atoms. The summed E-state index contributed by atoms with van der Waals surface area (Å²) in [6.07, 6.45) is 6.80. The first-order valence-corrected chi connectivity index (χ1v) is 5.44. The third-order valence-corrected chi connectivity index (χ3v) is 3.18. The molecular formula is C11H14N4. The number of nitrogens with one attached hydrogen (secondary N) is 1. The molecule has 2 aromatic rings. The van der Waals surface area contributed by atoms with Crippen molar-refractivity contribution in [3.63, 3.8) is 0 Å². The number of anilines is 1. The number of pyridine rings is 1. The average molecular weight is 202 g/mol. The number of nitrogens with two attached hydrogens (primary N) is 1. The lowest BCUT2D eigenvalue weighted by atomic mass is 10.1. The van der Waals surface area contributed by atoms with Crippen LogP contribution in [0.1, 0.15) is 37.4 Å². The molecule has 15 heavy (non-hydrogen) atoms. The Morgan fingerprint density at radius 1 is 1.33 bits per heavy atom. The van der Waals surface area contributed by atoms with Crippen molar-refractivity contribution in [2.75, 3.05) is 5.73 Å². The summed E-state index contributed by atoms with van der Waals surface area (Å²) in [7, 11) is 0. The molecule has 0 amide bonds. The van der Waals surface area contributed by atoms with Crippen LogP contribution in [0.4, 0.5) is 5.69 Å². The number of imidazole rings is 1. The zero-order valence-electron chi connectivity index (χ0n) is 8.53. The minimum absolute atomic E-state index is 0.582. The van der Waals surface area contributed by atoms with Gasteiger partial charge in [0.05, 0.1) is 5.69 Å². The van der Waals surface area contributed by atoms with Crippen molar-refractivity contribution in [3.8, 4) is 0 Å². The molecular weight excluding hydrogens is 188 g/mol. The van der Waals surface area contributed by atoms with Gasteiger partial charge in [-0.2, -0.15) is 0 Å². The van der Waals surface area contributed by atoms with Gasteiger partial charge in [0.2, 0.25) is 0 Å². The number of nitrogens with zero attached hydrogens (tertiary/aromatic N) is 2. The second-order valence-electron chi connectivity index (χ2n) is 4.20. The molecule has 0 atom stereocenters. The van der Waals surface area contributed by atoms with E-state index in [0.717, 1.165) is 22.7 Å². The Balaban J connectivity index is 2.09. The highest BCUT2D eigenvalue weighted by Crippen LogP contribution is 2.33. The van der Waals surface area contributed by atoms with E-state index in [1.54, 1.807) is 12.3 Å². The van der Waals surface area contributed by atoms with Gasteiger partial charge in [0.15, 0.2) is 5.65 Å². The molecule has 4 nitrogen and oxygen atoms in total. The molecule has 0 unspecified atom stereocenters. The number of rotatable bonds is 1. The van der Waals surface area contributed by atoms with E-state index in [4.69, 9.17) is 5.73 Å². The van der Waals surface area contributed by atoms with Crippen molar-refractivity contribution in [2.45, 2.75) is 31.6 Å². The third kappa shape index (κ3) is 1.37. The molecule has 2 aromatic heterocycles. The monoisotopic (exact) mass is 202 g/mol. The highest BCUT2D eigenvalue weighted by atomic mass is 15.0. The van der Waals surface area contributed by atoms with Gasteiger partial charge in [0, 0.05) is 12.1 Å². The summed E-state index contributed by atoms with van der Waals surface area (Å²) in [6, 6.07) is 1.80. The van der Waals surface area contributed by atoms with E-state index in [2.05, 4.69) is 15.0 Å². The number of aromatic nitrogens is 3. The van der Waals surface area contributed by atoms with Crippen LogP contribution in [0.5, 0.6) is 0 Å². The van der Waals surface area contributed by atoms with Gasteiger partial charge >= 0.3 is 0 Å². The molecule has 3 rings (SSSR count). The van der Waals surface area contributed by atoms with Gasteiger partial charge in [0.25, 0.3) is 0 Å². The molecule has 1 aliphatic carbocycles. The van der Waals surface area contributed by atoms with Crippen LogP contribution in [0.25, 0.3) is 11.2 Å². The van der Waals surface area contributed by atoms with Crippen molar-refractivity contribution in [2.24, 2.45) is 0 Å².